The van der Waals surface area contributed by atoms with Crippen molar-refractivity contribution in [3.63, 3.8) is 0 Å². The molecule has 0 saturated carbocycles. The lowest BCUT2D eigenvalue weighted by atomic mass is 10.2. The quantitative estimate of drug-likeness (QED) is 0.831. The molecule has 0 amide bonds. The third kappa shape index (κ3) is 2.76. The van der Waals surface area contributed by atoms with E-state index in [1.165, 1.54) is 12.3 Å². The van der Waals surface area contributed by atoms with Crippen molar-refractivity contribution in [2.75, 3.05) is 11.9 Å². The second kappa shape index (κ2) is 5.03. The van der Waals surface area contributed by atoms with Gasteiger partial charge in [0, 0.05) is 42.0 Å². The van der Waals surface area contributed by atoms with Gasteiger partial charge >= 0.3 is 0 Å². The van der Waals surface area contributed by atoms with Crippen molar-refractivity contribution in [2.24, 2.45) is 0 Å². The molecule has 2 aromatic heterocycles. The Morgan fingerprint density at radius 1 is 1.44 bits per heavy atom. The SMILES string of the molecule is CC(CNc1ccnc(F)c1)c1nccs1. The van der Waals surface area contributed by atoms with E-state index in [-0.39, 0.29) is 0 Å². The zero-order valence-electron chi connectivity index (χ0n) is 8.85. The molecular formula is C11H12FN3S. The van der Waals surface area contributed by atoms with Gasteiger partial charge in [0.05, 0.1) is 5.01 Å². The molecule has 0 aliphatic carbocycles. The Morgan fingerprint density at radius 2 is 2.31 bits per heavy atom. The maximum absolute atomic E-state index is 12.8. The van der Waals surface area contributed by atoms with Gasteiger partial charge in [-0.05, 0) is 6.07 Å². The number of aromatic nitrogens is 2. The molecule has 5 heteroatoms. The molecule has 84 valence electrons. The molecule has 0 aliphatic heterocycles. The van der Waals surface area contributed by atoms with Crippen LogP contribution >= 0.6 is 11.3 Å². The molecule has 16 heavy (non-hydrogen) atoms. The summed E-state index contributed by atoms with van der Waals surface area (Å²) in [6.07, 6.45) is 3.24. The summed E-state index contributed by atoms with van der Waals surface area (Å²) in [5.74, 6) is -0.150. The zero-order valence-corrected chi connectivity index (χ0v) is 9.67. The first kappa shape index (κ1) is 11.0. The summed E-state index contributed by atoms with van der Waals surface area (Å²) in [7, 11) is 0. The number of thiazole rings is 1. The maximum Gasteiger partial charge on any atom is 0.214 e. The maximum atomic E-state index is 12.8. The molecule has 0 aliphatic rings. The molecule has 0 fully saturated rings. The summed E-state index contributed by atoms with van der Waals surface area (Å²) in [6.45, 7) is 2.82. The van der Waals surface area contributed by atoms with Crippen LogP contribution in [0, 0.1) is 5.95 Å². The van der Waals surface area contributed by atoms with Crippen LogP contribution in [0.3, 0.4) is 0 Å². The van der Waals surface area contributed by atoms with E-state index in [2.05, 4.69) is 22.2 Å². The van der Waals surface area contributed by atoms with Crippen molar-refractivity contribution >= 4 is 17.0 Å². The molecule has 2 rings (SSSR count). The Hall–Kier alpha value is -1.49. The first-order valence-electron chi connectivity index (χ1n) is 5.00. The minimum atomic E-state index is -0.466. The van der Waals surface area contributed by atoms with Crippen molar-refractivity contribution in [1.82, 2.24) is 9.97 Å². The van der Waals surface area contributed by atoms with Crippen LogP contribution in [0.1, 0.15) is 17.8 Å². The second-order valence-corrected chi connectivity index (χ2v) is 4.45. The van der Waals surface area contributed by atoms with Gasteiger partial charge in [-0.1, -0.05) is 6.92 Å². The molecule has 3 nitrogen and oxygen atoms in total. The van der Waals surface area contributed by atoms with Crippen LogP contribution in [0.25, 0.3) is 0 Å². The van der Waals surface area contributed by atoms with E-state index < -0.39 is 5.95 Å². The summed E-state index contributed by atoms with van der Waals surface area (Å²) in [4.78, 5) is 7.74. The molecule has 2 heterocycles. The van der Waals surface area contributed by atoms with Gasteiger partial charge in [0.25, 0.3) is 0 Å². The first-order valence-corrected chi connectivity index (χ1v) is 5.88. The third-order valence-electron chi connectivity index (χ3n) is 2.21. The highest BCUT2D eigenvalue weighted by atomic mass is 32.1. The largest absolute Gasteiger partial charge is 0.384 e. The Bertz CT molecular complexity index is 444. The normalized spacial score (nSPS) is 12.4. The van der Waals surface area contributed by atoms with Crippen LogP contribution in [0.15, 0.2) is 29.9 Å². The minimum Gasteiger partial charge on any atom is -0.384 e. The van der Waals surface area contributed by atoms with E-state index >= 15 is 0 Å². The van der Waals surface area contributed by atoms with Crippen LogP contribution < -0.4 is 5.32 Å². The van der Waals surface area contributed by atoms with Crippen molar-refractivity contribution in [1.29, 1.82) is 0 Å². The lowest BCUT2D eigenvalue weighted by Gasteiger charge is -2.10. The number of anilines is 1. The third-order valence-corrected chi connectivity index (χ3v) is 3.22. The van der Waals surface area contributed by atoms with Crippen molar-refractivity contribution < 1.29 is 4.39 Å². The number of halogens is 1. The van der Waals surface area contributed by atoms with Gasteiger partial charge in [0.15, 0.2) is 0 Å². The predicted molar refractivity (Wildman–Crippen MR) is 63.2 cm³/mol. The molecule has 0 radical (unpaired) electrons. The van der Waals surface area contributed by atoms with Crippen LogP contribution in [0.4, 0.5) is 10.1 Å². The Balaban J connectivity index is 1.92. The monoisotopic (exact) mass is 237 g/mol. The number of hydrogen-bond donors (Lipinski definition) is 1. The predicted octanol–water partition coefficient (Wildman–Crippen LogP) is 2.89. The lowest BCUT2D eigenvalue weighted by Crippen LogP contribution is -2.09. The number of pyridine rings is 1. The number of nitrogens with one attached hydrogen (secondary N) is 1. The zero-order chi connectivity index (χ0) is 11.4. The lowest BCUT2D eigenvalue weighted by molar-refractivity contribution is 0.584. The van der Waals surface area contributed by atoms with Crippen LogP contribution in [-0.4, -0.2) is 16.5 Å². The van der Waals surface area contributed by atoms with E-state index in [0.717, 1.165) is 17.2 Å². The average molecular weight is 237 g/mol. The van der Waals surface area contributed by atoms with Crippen molar-refractivity contribution in [3.05, 3.63) is 40.9 Å². The molecule has 0 saturated heterocycles. The summed E-state index contributed by atoms with van der Waals surface area (Å²) in [6, 6.07) is 3.13. The fraction of sp³-hybridized carbons (Fsp3) is 0.273. The molecule has 0 spiro atoms. The van der Waals surface area contributed by atoms with E-state index in [9.17, 15) is 4.39 Å². The van der Waals surface area contributed by atoms with E-state index in [1.807, 2.05) is 5.38 Å². The van der Waals surface area contributed by atoms with Crippen molar-refractivity contribution in [2.45, 2.75) is 12.8 Å². The number of hydrogen-bond acceptors (Lipinski definition) is 4. The van der Waals surface area contributed by atoms with Gasteiger partial charge in [0.1, 0.15) is 0 Å². The molecule has 2 aromatic rings. The molecule has 0 bridgehead atoms. The molecule has 1 N–H and O–H groups in total. The van der Waals surface area contributed by atoms with Crippen LogP contribution in [0.2, 0.25) is 0 Å². The Morgan fingerprint density at radius 3 is 3.00 bits per heavy atom. The van der Waals surface area contributed by atoms with E-state index in [0.29, 0.717) is 5.92 Å². The second-order valence-electron chi connectivity index (χ2n) is 3.52. The smallest absolute Gasteiger partial charge is 0.214 e. The topological polar surface area (TPSA) is 37.8 Å². The summed E-state index contributed by atoms with van der Waals surface area (Å²) < 4.78 is 12.8. The minimum absolute atomic E-state index is 0.316. The Kier molecular flexibility index (Phi) is 3.46. The highest BCUT2D eigenvalue weighted by Gasteiger charge is 2.07. The van der Waals surface area contributed by atoms with Gasteiger partial charge in [-0.15, -0.1) is 11.3 Å². The van der Waals surface area contributed by atoms with Crippen molar-refractivity contribution in [3.8, 4) is 0 Å². The van der Waals surface area contributed by atoms with Gasteiger partial charge < -0.3 is 5.32 Å². The fourth-order valence-corrected chi connectivity index (χ4v) is 2.05. The number of nitrogens with zero attached hydrogens (tertiary/aromatic N) is 2. The summed E-state index contributed by atoms with van der Waals surface area (Å²) >= 11 is 1.63. The van der Waals surface area contributed by atoms with Gasteiger partial charge in [0.2, 0.25) is 5.95 Å². The van der Waals surface area contributed by atoms with E-state index in [1.54, 1.807) is 23.6 Å². The van der Waals surface area contributed by atoms with Crippen LogP contribution in [-0.2, 0) is 0 Å². The molecule has 0 aromatic carbocycles. The van der Waals surface area contributed by atoms with Gasteiger partial charge in [-0.3, -0.25) is 0 Å². The molecule has 1 unspecified atom stereocenters. The summed E-state index contributed by atoms with van der Waals surface area (Å²) in [5, 5.41) is 6.20. The van der Waals surface area contributed by atoms with Crippen LogP contribution in [0.5, 0.6) is 0 Å². The molecular weight excluding hydrogens is 225 g/mol. The first-order chi connectivity index (χ1) is 7.75. The highest BCUT2D eigenvalue weighted by Crippen LogP contribution is 2.18. The van der Waals surface area contributed by atoms with E-state index in [4.69, 9.17) is 0 Å². The Labute approximate surface area is 97.4 Å². The summed E-state index contributed by atoms with van der Waals surface area (Å²) in [5.41, 5.74) is 0.746. The number of rotatable bonds is 4. The molecule has 1 atom stereocenters. The highest BCUT2D eigenvalue weighted by molar-refractivity contribution is 7.09. The van der Waals surface area contributed by atoms with Gasteiger partial charge in [-0.25, -0.2) is 9.97 Å². The fourth-order valence-electron chi connectivity index (χ4n) is 1.35. The average Bonchev–Trinajstić information content (AvgIpc) is 2.79. The standard InChI is InChI=1S/C11H12FN3S/c1-8(11-14-4-5-16-11)7-15-9-2-3-13-10(12)6-9/h2-6,8H,7H2,1H3,(H,13,15). The van der Waals surface area contributed by atoms with Gasteiger partial charge in [-0.2, -0.15) is 4.39 Å².